The highest BCUT2D eigenvalue weighted by Crippen LogP contribution is 2.25. The predicted octanol–water partition coefficient (Wildman–Crippen LogP) is 2.09. The Kier molecular flexibility index (Phi) is 5.05. The van der Waals surface area contributed by atoms with Crippen molar-refractivity contribution in [3.63, 3.8) is 0 Å². The van der Waals surface area contributed by atoms with Crippen LogP contribution in [0.1, 0.15) is 16.7 Å². The maximum atomic E-state index is 13.2. The van der Waals surface area contributed by atoms with Crippen LogP contribution in [0.25, 0.3) is 0 Å². The van der Waals surface area contributed by atoms with Crippen molar-refractivity contribution in [3.05, 3.63) is 65.0 Å². The average Bonchev–Trinajstić information content (AvgIpc) is 2.52. The molecule has 140 valence electrons. The van der Waals surface area contributed by atoms with Crippen LogP contribution < -0.4 is 4.72 Å². The summed E-state index contributed by atoms with van der Waals surface area (Å²) >= 11 is 0. The van der Waals surface area contributed by atoms with E-state index in [0.717, 1.165) is 17.4 Å². The SMILES string of the molecule is CS(=O)(=O)N1CCc2ccc(NS(=O)(=O)Cc3cccc(F)c3)cc2C1. The van der Waals surface area contributed by atoms with Crippen LogP contribution in [-0.4, -0.2) is 33.9 Å². The molecule has 1 aliphatic rings. The van der Waals surface area contributed by atoms with Gasteiger partial charge in [-0.05, 0) is 47.4 Å². The van der Waals surface area contributed by atoms with Crippen molar-refractivity contribution in [2.24, 2.45) is 0 Å². The third-order valence-corrected chi connectivity index (χ3v) is 6.68. The summed E-state index contributed by atoms with van der Waals surface area (Å²) in [7, 11) is -7.02. The largest absolute Gasteiger partial charge is 0.283 e. The van der Waals surface area contributed by atoms with Crippen molar-refractivity contribution in [2.75, 3.05) is 17.5 Å². The number of rotatable bonds is 5. The lowest BCUT2D eigenvalue weighted by atomic mass is 10.0. The van der Waals surface area contributed by atoms with Gasteiger partial charge in [-0.2, -0.15) is 4.31 Å². The summed E-state index contributed by atoms with van der Waals surface area (Å²) in [4.78, 5) is 0. The van der Waals surface area contributed by atoms with Gasteiger partial charge in [0.2, 0.25) is 20.0 Å². The van der Waals surface area contributed by atoms with E-state index in [1.807, 2.05) is 0 Å². The summed E-state index contributed by atoms with van der Waals surface area (Å²) in [6, 6.07) is 10.5. The topological polar surface area (TPSA) is 83.6 Å². The smallest absolute Gasteiger partial charge is 0.236 e. The molecule has 0 atom stereocenters. The molecule has 0 bridgehead atoms. The third-order valence-electron chi connectivity index (χ3n) is 4.17. The number of sulfonamides is 2. The second-order valence-electron chi connectivity index (χ2n) is 6.32. The lowest BCUT2D eigenvalue weighted by Gasteiger charge is -2.27. The van der Waals surface area contributed by atoms with Crippen LogP contribution in [0, 0.1) is 5.82 Å². The Bertz CT molecular complexity index is 1040. The molecule has 9 heteroatoms. The van der Waals surface area contributed by atoms with Gasteiger partial charge in [-0.15, -0.1) is 0 Å². The second-order valence-corrected chi connectivity index (χ2v) is 10.0. The standard InChI is InChI=1S/C17H19FN2O4S2/c1-25(21,22)20-8-7-14-5-6-17(10-15(14)11-20)19-26(23,24)12-13-3-2-4-16(18)9-13/h2-6,9-10,19H,7-8,11-12H2,1H3. The van der Waals surface area contributed by atoms with E-state index in [1.54, 1.807) is 24.3 Å². The van der Waals surface area contributed by atoms with Gasteiger partial charge in [0.15, 0.2) is 0 Å². The normalized spacial score (nSPS) is 15.5. The minimum atomic E-state index is -3.72. The number of fused-ring (bicyclic) bond motifs is 1. The van der Waals surface area contributed by atoms with Gasteiger partial charge in [0.05, 0.1) is 12.0 Å². The van der Waals surface area contributed by atoms with Gasteiger partial charge in [-0.1, -0.05) is 18.2 Å². The van der Waals surface area contributed by atoms with Crippen LogP contribution in [0.15, 0.2) is 42.5 Å². The van der Waals surface area contributed by atoms with Crippen molar-refractivity contribution in [1.82, 2.24) is 4.31 Å². The second kappa shape index (κ2) is 6.98. The monoisotopic (exact) mass is 398 g/mol. The van der Waals surface area contributed by atoms with Crippen LogP contribution in [-0.2, 0) is 38.8 Å². The lowest BCUT2D eigenvalue weighted by Crippen LogP contribution is -2.35. The zero-order valence-electron chi connectivity index (χ0n) is 14.1. The molecule has 6 nitrogen and oxygen atoms in total. The van der Waals surface area contributed by atoms with Gasteiger partial charge in [0.1, 0.15) is 5.82 Å². The van der Waals surface area contributed by atoms with Crippen LogP contribution in [0.5, 0.6) is 0 Å². The summed E-state index contributed by atoms with van der Waals surface area (Å²) in [5.41, 5.74) is 2.47. The molecule has 1 aliphatic heterocycles. The highest BCUT2D eigenvalue weighted by molar-refractivity contribution is 7.91. The first-order chi connectivity index (χ1) is 12.1. The van der Waals surface area contributed by atoms with Gasteiger partial charge in [-0.3, -0.25) is 4.72 Å². The van der Waals surface area contributed by atoms with Gasteiger partial charge in [0.25, 0.3) is 0 Å². The molecule has 0 unspecified atom stereocenters. The van der Waals surface area contributed by atoms with E-state index in [9.17, 15) is 21.2 Å². The molecular formula is C17H19FN2O4S2. The molecule has 2 aromatic carbocycles. The fourth-order valence-electron chi connectivity index (χ4n) is 2.94. The quantitative estimate of drug-likeness (QED) is 0.836. The molecule has 26 heavy (non-hydrogen) atoms. The van der Waals surface area contributed by atoms with E-state index in [4.69, 9.17) is 0 Å². The fourth-order valence-corrected chi connectivity index (χ4v) is 4.91. The summed E-state index contributed by atoms with van der Waals surface area (Å²) in [6.07, 6.45) is 1.74. The van der Waals surface area contributed by atoms with Crippen molar-refractivity contribution in [1.29, 1.82) is 0 Å². The zero-order chi connectivity index (χ0) is 18.9. The van der Waals surface area contributed by atoms with E-state index in [0.29, 0.717) is 24.2 Å². The highest BCUT2D eigenvalue weighted by atomic mass is 32.2. The molecule has 0 amide bonds. The zero-order valence-corrected chi connectivity index (χ0v) is 15.8. The Morgan fingerprint density at radius 1 is 1.08 bits per heavy atom. The van der Waals surface area contributed by atoms with Gasteiger partial charge in [0, 0.05) is 18.8 Å². The molecular weight excluding hydrogens is 379 g/mol. The van der Waals surface area contributed by atoms with Crippen LogP contribution in [0.3, 0.4) is 0 Å². The number of halogens is 1. The number of benzene rings is 2. The third kappa shape index (κ3) is 4.60. The molecule has 2 aromatic rings. The Hall–Kier alpha value is -1.97. The number of nitrogens with one attached hydrogen (secondary N) is 1. The van der Waals surface area contributed by atoms with Crippen molar-refractivity contribution in [2.45, 2.75) is 18.7 Å². The van der Waals surface area contributed by atoms with E-state index >= 15 is 0 Å². The molecule has 0 spiro atoms. The highest BCUT2D eigenvalue weighted by Gasteiger charge is 2.23. The Morgan fingerprint density at radius 3 is 2.54 bits per heavy atom. The van der Waals surface area contributed by atoms with Crippen LogP contribution in [0.2, 0.25) is 0 Å². The molecule has 1 heterocycles. The number of anilines is 1. The number of hydrogen-bond acceptors (Lipinski definition) is 4. The van der Waals surface area contributed by atoms with Crippen LogP contribution >= 0.6 is 0 Å². The van der Waals surface area contributed by atoms with Crippen molar-refractivity contribution in [3.8, 4) is 0 Å². The van der Waals surface area contributed by atoms with E-state index < -0.39 is 25.9 Å². The lowest BCUT2D eigenvalue weighted by molar-refractivity contribution is 0.395. The summed E-state index contributed by atoms with van der Waals surface area (Å²) in [5.74, 6) is -0.843. The molecule has 3 rings (SSSR count). The Balaban J connectivity index is 1.78. The molecule has 0 saturated heterocycles. The van der Waals surface area contributed by atoms with Gasteiger partial charge < -0.3 is 0 Å². The molecule has 1 N–H and O–H groups in total. The fraction of sp³-hybridized carbons (Fsp3) is 0.294. The summed E-state index contributed by atoms with van der Waals surface area (Å²) in [5, 5.41) is 0. The van der Waals surface area contributed by atoms with E-state index in [-0.39, 0.29) is 12.3 Å². The maximum Gasteiger partial charge on any atom is 0.236 e. The molecule has 0 aliphatic carbocycles. The first-order valence-corrected chi connectivity index (χ1v) is 11.4. The van der Waals surface area contributed by atoms with Crippen molar-refractivity contribution < 1.29 is 21.2 Å². The number of nitrogens with zero attached hydrogens (tertiary/aromatic N) is 1. The minimum Gasteiger partial charge on any atom is -0.283 e. The van der Waals surface area contributed by atoms with Crippen LogP contribution in [0.4, 0.5) is 10.1 Å². The Labute approximate surface area is 152 Å². The summed E-state index contributed by atoms with van der Waals surface area (Å²) < 4.78 is 65.2. The first-order valence-electron chi connectivity index (χ1n) is 7.94. The minimum absolute atomic E-state index is 0.216. The van der Waals surface area contributed by atoms with E-state index in [2.05, 4.69) is 4.72 Å². The number of hydrogen-bond donors (Lipinski definition) is 1. The maximum absolute atomic E-state index is 13.2. The molecule has 0 aromatic heterocycles. The molecule has 0 radical (unpaired) electrons. The first kappa shape index (κ1) is 18.8. The van der Waals surface area contributed by atoms with Gasteiger partial charge in [-0.25, -0.2) is 21.2 Å². The van der Waals surface area contributed by atoms with Crippen molar-refractivity contribution >= 4 is 25.7 Å². The predicted molar refractivity (Wildman–Crippen MR) is 98.0 cm³/mol. The molecule has 0 fully saturated rings. The summed E-state index contributed by atoms with van der Waals surface area (Å²) in [6.45, 7) is 0.629. The van der Waals surface area contributed by atoms with E-state index in [1.165, 1.54) is 22.5 Å². The Morgan fingerprint density at radius 2 is 1.85 bits per heavy atom. The average molecular weight is 398 g/mol. The van der Waals surface area contributed by atoms with Gasteiger partial charge >= 0.3 is 0 Å². The molecule has 0 saturated carbocycles.